The monoisotopic (exact) mass is 282 g/mol. The average molecular weight is 282 g/mol. The Bertz CT molecular complexity index is 492. The van der Waals surface area contributed by atoms with Gasteiger partial charge in [-0.15, -0.1) is 0 Å². The van der Waals surface area contributed by atoms with Gasteiger partial charge < -0.3 is 0 Å². The lowest BCUT2D eigenvalue weighted by molar-refractivity contribution is -0.178. The first kappa shape index (κ1) is 13.6. The molecule has 0 aliphatic heterocycles. The first-order valence-electron chi connectivity index (χ1n) is 5.60. The largest absolute Gasteiger partial charge is 0.450 e. The van der Waals surface area contributed by atoms with E-state index in [1.165, 1.54) is 0 Å². The fourth-order valence-electron chi connectivity index (χ4n) is 3.06. The third-order valence-corrected chi connectivity index (χ3v) is 5.38. The molecule has 0 aromatic rings. The van der Waals surface area contributed by atoms with E-state index in [1.807, 2.05) is 0 Å². The number of fused-ring (bicyclic) bond motifs is 2. The predicted molar refractivity (Wildman–Crippen MR) is 58.5 cm³/mol. The number of alkyl halides is 3. The van der Waals surface area contributed by atoms with Crippen LogP contribution < -0.4 is 0 Å². The van der Waals surface area contributed by atoms with Gasteiger partial charge in [0.05, 0.1) is 11.2 Å². The third kappa shape index (κ3) is 2.20. The smallest absolute Gasteiger partial charge is 0.289 e. The van der Waals surface area contributed by atoms with E-state index in [2.05, 4.69) is 0 Å². The topological polar surface area (TPSA) is 51.2 Å². The maximum Gasteiger partial charge on any atom is 0.450 e. The van der Waals surface area contributed by atoms with E-state index in [-0.39, 0.29) is 0 Å². The molecule has 0 radical (unpaired) electrons. The van der Waals surface area contributed by atoms with Crippen molar-refractivity contribution in [3.63, 3.8) is 0 Å². The molecular weight excluding hydrogens is 269 g/mol. The molecule has 0 heterocycles. The number of halogens is 3. The Morgan fingerprint density at radius 1 is 1.17 bits per heavy atom. The Morgan fingerprint density at radius 2 is 1.67 bits per heavy atom. The van der Waals surface area contributed by atoms with Crippen LogP contribution in [-0.2, 0) is 14.6 Å². The highest BCUT2D eigenvalue weighted by atomic mass is 32.2. The lowest BCUT2D eigenvalue weighted by atomic mass is 9.67. The van der Waals surface area contributed by atoms with Crippen LogP contribution in [0.25, 0.3) is 0 Å². The zero-order chi connectivity index (χ0) is 13.7. The highest BCUT2D eigenvalue weighted by molar-refractivity contribution is 7.91. The van der Waals surface area contributed by atoms with Gasteiger partial charge in [-0.05, 0) is 24.7 Å². The van der Waals surface area contributed by atoms with Crippen molar-refractivity contribution < 1.29 is 26.4 Å². The second kappa shape index (κ2) is 4.08. The van der Waals surface area contributed by atoms with Crippen LogP contribution in [0.15, 0.2) is 12.2 Å². The van der Waals surface area contributed by atoms with E-state index < -0.39 is 44.8 Å². The molecule has 3 rings (SSSR count). The van der Waals surface area contributed by atoms with Gasteiger partial charge in [0.2, 0.25) is 5.78 Å². The first-order valence-corrected chi connectivity index (χ1v) is 7.56. The van der Waals surface area contributed by atoms with Crippen molar-refractivity contribution in [2.24, 2.45) is 17.8 Å². The molecular formula is C11H13F3O3S. The summed E-state index contributed by atoms with van der Waals surface area (Å²) in [6.07, 6.45) is 0.103. The molecule has 3 nitrogen and oxygen atoms in total. The van der Waals surface area contributed by atoms with Crippen molar-refractivity contribution >= 4 is 15.6 Å². The van der Waals surface area contributed by atoms with Crippen LogP contribution >= 0.6 is 0 Å². The molecule has 1 saturated carbocycles. The van der Waals surface area contributed by atoms with Gasteiger partial charge in [-0.2, -0.15) is 13.2 Å². The summed E-state index contributed by atoms with van der Waals surface area (Å²) >= 11 is 0. The molecule has 18 heavy (non-hydrogen) atoms. The van der Waals surface area contributed by atoms with Gasteiger partial charge in [-0.1, -0.05) is 12.2 Å². The molecule has 3 aliphatic carbocycles. The number of rotatable bonds is 2. The first-order chi connectivity index (χ1) is 8.12. The molecule has 0 saturated heterocycles. The molecule has 0 spiro atoms. The number of carbonyl (C=O) groups is 1. The predicted octanol–water partition coefficient (Wildman–Crippen LogP) is 1.74. The van der Waals surface area contributed by atoms with Gasteiger partial charge in [0.15, 0.2) is 9.84 Å². The quantitative estimate of drug-likeness (QED) is 0.725. The SMILES string of the molecule is CS(=O)(=O)[C@H]1[C@H](C(=O)C(F)(F)F)[C@@H]2C=C[C@H]1CC2. The molecule has 0 unspecified atom stereocenters. The normalized spacial score (nSPS) is 35.8. The zero-order valence-corrected chi connectivity index (χ0v) is 10.5. The van der Waals surface area contributed by atoms with Crippen LogP contribution in [0.1, 0.15) is 12.8 Å². The van der Waals surface area contributed by atoms with Crippen LogP contribution in [0.4, 0.5) is 13.2 Å². The number of carbonyl (C=O) groups excluding carboxylic acids is 1. The van der Waals surface area contributed by atoms with Gasteiger partial charge in [-0.3, -0.25) is 4.79 Å². The number of sulfone groups is 1. The molecule has 4 atom stereocenters. The van der Waals surface area contributed by atoms with Gasteiger partial charge >= 0.3 is 6.18 Å². The molecule has 7 heteroatoms. The summed E-state index contributed by atoms with van der Waals surface area (Å²) in [5.74, 6) is -4.45. The Hall–Kier alpha value is -0.850. The summed E-state index contributed by atoms with van der Waals surface area (Å²) in [7, 11) is -3.68. The Morgan fingerprint density at radius 3 is 2.06 bits per heavy atom. The lowest BCUT2D eigenvalue weighted by Gasteiger charge is -2.43. The Kier molecular flexibility index (Phi) is 3.08. The number of hydrogen-bond donors (Lipinski definition) is 0. The highest BCUT2D eigenvalue weighted by Crippen LogP contribution is 2.46. The van der Waals surface area contributed by atoms with Crippen LogP contribution in [-0.4, -0.2) is 31.9 Å². The van der Waals surface area contributed by atoms with Crippen molar-refractivity contribution in [3.05, 3.63) is 12.2 Å². The summed E-state index contributed by atoms with van der Waals surface area (Å²) in [5, 5.41) is -1.23. The second-order valence-electron chi connectivity index (χ2n) is 4.97. The average Bonchev–Trinajstić information content (AvgIpc) is 2.26. The van der Waals surface area contributed by atoms with Crippen LogP contribution in [0.2, 0.25) is 0 Å². The maximum absolute atomic E-state index is 12.6. The van der Waals surface area contributed by atoms with E-state index in [0.29, 0.717) is 12.8 Å². The van der Waals surface area contributed by atoms with Crippen LogP contribution in [0.5, 0.6) is 0 Å². The number of allylic oxidation sites excluding steroid dienone is 2. The highest BCUT2D eigenvalue weighted by Gasteiger charge is 2.55. The van der Waals surface area contributed by atoms with Crippen molar-refractivity contribution in [1.82, 2.24) is 0 Å². The van der Waals surface area contributed by atoms with Gasteiger partial charge in [0.25, 0.3) is 0 Å². The second-order valence-corrected chi connectivity index (χ2v) is 7.18. The van der Waals surface area contributed by atoms with E-state index in [4.69, 9.17) is 0 Å². The third-order valence-electron chi connectivity index (χ3n) is 3.75. The minimum Gasteiger partial charge on any atom is -0.289 e. The van der Waals surface area contributed by atoms with E-state index in [1.54, 1.807) is 12.2 Å². The fraction of sp³-hybridized carbons (Fsp3) is 0.727. The summed E-state index contributed by atoms with van der Waals surface area (Å²) in [6, 6.07) is 0. The molecule has 0 aromatic heterocycles. The van der Waals surface area contributed by atoms with Crippen molar-refractivity contribution in [2.75, 3.05) is 6.26 Å². The van der Waals surface area contributed by atoms with Crippen molar-refractivity contribution in [1.29, 1.82) is 0 Å². The van der Waals surface area contributed by atoms with Gasteiger partial charge in [0, 0.05) is 6.26 Å². The van der Waals surface area contributed by atoms with Crippen molar-refractivity contribution in [2.45, 2.75) is 24.3 Å². The summed E-state index contributed by atoms with van der Waals surface area (Å²) in [5.41, 5.74) is 0. The molecule has 102 valence electrons. The molecule has 0 amide bonds. The molecule has 2 bridgehead atoms. The lowest BCUT2D eigenvalue weighted by Crippen LogP contribution is -2.52. The molecule has 0 N–H and O–H groups in total. The summed E-state index contributed by atoms with van der Waals surface area (Å²) in [4.78, 5) is 11.4. The Balaban J connectivity index is 2.44. The van der Waals surface area contributed by atoms with Crippen molar-refractivity contribution in [3.8, 4) is 0 Å². The molecule has 1 fully saturated rings. The van der Waals surface area contributed by atoms with Crippen LogP contribution in [0, 0.1) is 17.8 Å². The van der Waals surface area contributed by atoms with Crippen LogP contribution in [0.3, 0.4) is 0 Å². The van der Waals surface area contributed by atoms with E-state index in [9.17, 15) is 26.4 Å². The summed E-state index contributed by atoms with van der Waals surface area (Å²) < 4.78 is 61.0. The summed E-state index contributed by atoms with van der Waals surface area (Å²) in [6.45, 7) is 0. The Labute approximate surface area is 103 Å². The van der Waals surface area contributed by atoms with Gasteiger partial charge in [-0.25, -0.2) is 8.42 Å². The fourth-order valence-corrected chi connectivity index (χ4v) is 4.78. The molecule has 0 aromatic carbocycles. The van der Waals surface area contributed by atoms with Gasteiger partial charge in [0.1, 0.15) is 0 Å². The minimum atomic E-state index is -4.97. The number of hydrogen-bond acceptors (Lipinski definition) is 3. The molecule has 3 aliphatic rings. The number of Topliss-reactive ketones (excluding diaryl/α,β-unsaturated/α-hetero) is 1. The zero-order valence-electron chi connectivity index (χ0n) is 9.65. The minimum absolute atomic E-state index is 0.444. The standard InChI is InChI=1S/C11H13F3O3S/c1-18(16,17)9-7-4-2-6(3-5-7)8(9)10(15)11(12,13)14/h2,4,6-9H,3,5H2,1H3/t6-,7+,8-,9-/m1/s1. The van der Waals surface area contributed by atoms with E-state index in [0.717, 1.165) is 6.26 Å². The maximum atomic E-state index is 12.6. The van der Waals surface area contributed by atoms with E-state index >= 15 is 0 Å². The number of ketones is 1.